The first kappa shape index (κ1) is 11.0. The van der Waals surface area contributed by atoms with Crippen molar-refractivity contribution in [3.05, 3.63) is 47.8 Å². The molecule has 3 nitrogen and oxygen atoms in total. The van der Waals surface area contributed by atoms with Gasteiger partial charge < -0.3 is 13.7 Å². The van der Waals surface area contributed by atoms with Gasteiger partial charge in [-0.15, -0.1) is 0 Å². The van der Waals surface area contributed by atoms with E-state index in [-0.39, 0.29) is 0 Å². The topological polar surface area (TPSA) is 29.5 Å². The minimum atomic E-state index is 0.853. The minimum absolute atomic E-state index is 0.853. The molecule has 0 aliphatic rings. The minimum Gasteiger partial charge on any atom is -0.472 e. The van der Waals surface area contributed by atoms with Gasteiger partial charge in [0, 0.05) is 6.42 Å². The molecular formula is C13H17NO2. The first-order valence-electron chi connectivity index (χ1n) is 5.47. The maximum atomic E-state index is 5.72. The Morgan fingerprint density at radius 1 is 1.06 bits per heavy atom. The second-order valence-corrected chi connectivity index (χ2v) is 4.24. The first-order valence-corrected chi connectivity index (χ1v) is 5.47. The summed E-state index contributed by atoms with van der Waals surface area (Å²) in [4.78, 5) is 2.10. The van der Waals surface area contributed by atoms with E-state index in [9.17, 15) is 0 Å². The summed E-state index contributed by atoms with van der Waals surface area (Å²) in [7, 11) is 4.07. The van der Waals surface area contributed by atoms with Gasteiger partial charge in [-0.1, -0.05) is 0 Å². The molecule has 0 radical (unpaired) electrons. The number of nitrogens with zero attached hydrogens (tertiary/aromatic N) is 1. The van der Waals surface area contributed by atoms with Crippen molar-refractivity contribution >= 4 is 0 Å². The zero-order valence-electron chi connectivity index (χ0n) is 9.77. The summed E-state index contributed by atoms with van der Waals surface area (Å²) < 4.78 is 10.7. The average Bonchev–Trinajstić information content (AvgIpc) is 2.84. The molecule has 3 heteroatoms. The molecule has 0 spiro atoms. The molecule has 0 N–H and O–H groups in total. The van der Waals surface area contributed by atoms with Crippen molar-refractivity contribution in [2.75, 3.05) is 14.1 Å². The van der Waals surface area contributed by atoms with Crippen LogP contribution >= 0.6 is 0 Å². The molecular weight excluding hydrogens is 202 g/mol. The highest BCUT2D eigenvalue weighted by atomic mass is 16.3. The molecule has 86 valence electrons. The van der Waals surface area contributed by atoms with Gasteiger partial charge in [-0.2, -0.15) is 0 Å². The van der Waals surface area contributed by atoms with E-state index in [1.54, 1.807) is 12.5 Å². The first-order chi connectivity index (χ1) is 7.74. The Kier molecular flexibility index (Phi) is 3.47. The van der Waals surface area contributed by atoms with Crippen molar-refractivity contribution in [2.24, 2.45) is 0 Å². The van der Waals surface area contributed by atoms with Crippen LogP contribution in [0.1, 0.15) is 17.1 Å². The smallest absolute Gasteiger partial charge is 0.118 e. The lowest BCUT2D eigenvalue weighted by molar-refractivity contribution is 0.341. The fourth-order valence-electron chi connectivity index (χ4n) is 1.66. The highest BCUT2D eigenvalue weighted by molar-refractivity contribution is 5.11. The molecule has 0 atom stereocenters. The molecule has 2 rings (SSSR count). The second-order valence-electron chi connectivity index (χ2n) is 4.24. The molecule has 2 aromatic heterocycles. The van der Waals surface area contributed by atoms with E-state index in [4.69, 9.17) is 8.83 Å². The third-order valence-electron chi connectivity index (χ3n) is 2.43. The molecule has 2 aromatic rings. The van der Waals surface area contributed by atoms with Crippen LogP contribution in [0.15, 0.2) is 39.6 Å². The van der Waals surface area contributed by atoms with Gasteiger partial charge in [-0.25, -0.2) is 0 Å². The molecule has 0 aliphatic heterocycles. The summed E-state index contributed by atoms with van der Waals surface area (Å²) in [6.07, 6.45) is 5.37. The van der Waals surface area contributed by atoms with Crippen LogP contribution in [0.2, 0.25) is 0 Å². The van der Waals surface area contributed by atoms with Gasteiger partial charge in [0.15, 0.2) is 0 Å². The lowest BCUT2D eigenvalue weighted by Crippen LogP contribution is -2.09. The molecule has 0 aliphatic carbocycles. The van der Waals surface area contributed by atoms with Gasteiger partial charge in [-0.3, -0.25) is 0 Å². The number of furan rings is 2. The average molecular weight is 219 g/mol. The monoisotopic (exact) mass is 219 g/mol. The van der Waals surface area contributed by atoms with Crippen molar-refractivity contribution in [2.45, 2.75) is 19.4 Å². The van der Waals surface area contributed by atoms with Crippen molar-refractivity contribution in [1.29, 1.82) is 0 Å². The zero-order valence-corrected chi connectivity index (χ0v) is 9.77. The molecule has 0 unspecified atom stereocenters. The summed E-state index contributed by atoms with van der Waals surface area (Å²) in [5, 5.41) is 0. The molecule has 16 heavy (non-hydrogen) atoms. The maximum absolute atomic E-state index is 5.72. The van der Waals surface area contributed by atoms with Gasteiger partial charge >= 0.3 is 0 Å². The molecule has 2 heterocycles. The van der Waals surface area contributed by atoms with Gasteiger partial charge in [0.25, 0.3) is 0 Å². The van der Waals surface area contributed by atoms with Crippen LogP contribution in [0.3, 0.4) is 0 Å². The van der Waals surface area contributed by atoms with Gasteiger partial charge in [0.2, 0.25) is 0 Å². The predicted octanol–water partition coefficient (Wildman–Crippen LogP) is 2.72. The summed E-state index contributed by atoms with van der Waals surface area (Å²) in [6.45, 7) is 0.853. The molecule has 0 fully saturated rings. The fraction of sp³-hybridized carbons (Fsp3) is 0.385. The Balaban J connectivity index is 1.88. The molecule has 0 aromatic carbocycles. The standard InChI is InChI=1S/C13H17NO2/c1-14(2)9-13-6-5-12(16-13)4-3-11-7-8-15-10-11/h5-8,10H,3-4,9H2,1-2H3. The number of hydrogen-bond donors (Lipinski definition) is 0. The van der Waals surface area contributed by atoms with E-state index in [2.05, 4.69) is 11.0 Å². The lowest BCUT2D eigenvalue weighted by Gasteiger charge is -2.05. The molecule has 0 saturated carbocycles. The van der Waals surface area contributed by atoms with Crippen LogP contribution in [0, 0.1) is 0 Å². The van der Waals surface area contributed by atoms with Gasteiger partial charge in [0.05, 0.1) is 19.1 Å². The summed E-state index contributed by atoms with van der Waals surface area (Å²) in [5.74, 6) is 2.06. The van der Waals surface area contributed by atoms with E-state index in [0.29, 0.717) is 0 Å². The number of hydrogen-bond acceptors (Lipinski definition) is 3. The van der Waals surface area contributed by atoms with Crippen LogP contribution in [0.5, 0.6) is 0 Å². The summed E-state index contributed by atoms with van der Waals surface area (Å²) in [6, 6.07) is 6.09. The van der Waals surface area contributed by atoms with E-state index >= 15 is 0 Å². The van der Waals surface area contributed by atoms with Crippen LogP contribution < -0.4 is 0 Å². The van der Waals surface area contributed by atoms with Crippen molar-refractivity contribution in [3.63, 3.8) is 0 Å². The Hall–Kier alpha value is -1.48. The third-order valence-corrected chi connectivity index (χ3v) is 2.43. The lowest BCUT2D eigenvalue weighted by atomic mass is 10.1. The van der Waals surface area contributed by atoms with E-state index < -0.39 is 0 Å². The van der Waals surface area contributed by atoms with Crippen LogP contribution in [-0.4, -0.2) is 19.0 Å². The highest BCUT2D eigenvalue weighted by Crippen LogP contribution is 2.12. The zero-order chi connectivity index (χ0) is 11.4. The Labute approximate surface area is 95.7 Å². The number of rotatable bonds is 5. The van der Waals surface area contributed by atoms with Crippen molar-refractivity contribution < 1.29 is 8.83 Å². The summed E-state index contributed by atoms with van der Waals surface area (Å²) in [5.41, 5.74) is 1.21. The Bertz CT molecular complexity index is 415. The normalized spacial score (nSPS) is 11.2. The van der Waals surface area contributed by atoms with Crippen molar-refractivity contribution in [1.82, 2.24) is 4.90 Å². The quantitative estimate of drug-likeness (QED) is 0.774. The van der Waals surface area contributed by atoms with E-state index in [0.717, 1.165) is 30.9 Å². The fourth-order valence-corrected chi connectivity index (χ4v) is 1.66. The maximum Gasteiger partial charge on any atom is 0.118 e. The highest BCUT2D eigenvalue weighted by Gasteiger charge is 2.04. The van der Waals surface area contributed by atoms with Crippen molar-refractivity contribution in [3.8, 4) is 0 Å². The Morgan fingerprint density at radius 3 is 2.56 bits per heavy atom. The van der Waals surface area contributed by atoms with Crippen LogP contribution in [0.4, 0.5) is 0 Å². The largest absolute Gasteiger partial charge is 0.472 e. The SMILES string of the molecule is CN(C)Cc1ccc(CCc2ccoc2)o1. The van der Waals surface area contributed by atoms with E-state index in [1.165, 1.54) is 5.56 Å². The van der Waals surface area contributed by atoms with Gasteiger partial charge in [-0.05, 0) is 44.3 Å². The molecule has 0 saturated heterocycles. The molecule has 0 bridgehead atoms. The van der Waals surface area contributed by atoms with Crippen LogP contribution in [-0.2, 0) is 19.4 Å². The second kappa shape index (κ2) is 5.03. The Morgan fingerprint density at radius 2 is 1.88 bits per heavy atom. The van der Waals surface area contributed by atoms with E-state index in [1.807, 2.05) is 26.2 Å². The third kappa shape index (κ3) is 3.00. The predicted molar refractivity (Wildman–Crippen MR) is 62.2 cm³/mol. The van der Waals surface area contributed by atoms with Gasteiger partial charge in [0.1, 0.15) is 11.5 Å². The summed E-state index contributed by atoms with van der Waals surface area (Å²) >= 11 is 0. The number of aryl methyl sites for hydroxylation is 2. The molecule has 0 amide bonds. The van der Waals surface area contributed by atoms with Crippen LogP contribution in [0.25, 0.3) is 0 Å².